The zero-order chi connectivity index (χ0) is 22.1. The highest BCUT2D eigenvalue weighted by Crippen LogP contribution is 2.26. The number of hydrogen-bond acceptors (Lipinski definition) is 5. The van der Waals surface area contributed by atoms with Crippen LogP contribution >= 0.6 is 0 Å². The second kappa shape index (κ2) is 8.74. The Hall–Kier alpha value is -3.19. The largest absolute Gasteiger partial charge is 0.493 e. The zero-order valence-electron chi connectivity index (χ0n) is 18.4. The van der Waals surface area contributed by atoms with Gasteiger partial charge in [0.1, 0.15) is 5.75 Å². The molecule has 1 amide bonds. The molecule has 2 aromatic carbocycles. The quantitative estimate of drug-likeness (QED) is 0.620. The van der Waals surface area contributed by atoms with E-state index in [9.17, 15) is 9.59 Å². The molecule has 3 heterocycles. The van der Waals surface area contributed by atoms with Crippen LogP contribution in [0.1, 0.15) is 35.0 Å². The number of carbonyl (C=O) groups excluding carboxylic acids is 1. The highest BCUT2D eigenvalue weighted by molar-refractivity contribution is 6.04. The second-order valence-corrected chi connectivity index (χ2v) is 8.53. The highest BCUT2D eigenvalue weighted by atomic mass is 16.5. The third-order valence-electron chi connectivity index (χ3n) is 6.33. The topological polar surface area (TPSA) is 67.7 Å². The standard InChI is InChI=1S/C25H28N4O3/c1-2-10-29-24(30)21-6-4-3-5-20(21)23(26-29)25(31)28-13-11-27(12-14-28)17-18-7-8-22-19(16-18)9-15-32-22/h3-8,16H,2,9-15,17H2,1H3. The van der Waals surface area contributed by atoms with Crippen LogP contribution in [0.5, 0.6) is 5.75 Å². The van der Waals surface area contributed by atoms with Gasteiger partial charge >= 0.3 is 0 Å². The minimum atomic E-state index is -0.136. The minimum Gasteiger partial charge on any atom is -0.493 e. The maximum atomic E-state index is 13.4. The number of nitrogens with zero attached hydrogens (tertiary/aromatic N) is 4. The predicted molar refractivity (Wildman–Crippen MR) is 123 cm³/mol. The van der Waals surface area contributed by atoms with Crippen molar-refractivity contribution < 1.29 is 9.53 Å². The van der Waals surface area contributed by atoms with Crippen LogP contribution < -0.4 is 10.3 Å². The molecule has 7 heteroatoms. The number of aryl methyl sites for hydroxylation is 1. The summed E-state index contributed by atoms with van der Waals surface area (Å²) in [6.07, 6.45) is 1.76. The van der Waals surface area contributed by atoms with E-state index in [4.69, 9.17) is 4.74 Å². The van der Waals surface area contributed by atoms with Gasteiger partial charge in [-0.3, -0.25) is 14.5 Å². The van der Waals surface area contributed by atoms with Crippen LogP contribution in [-0.2, 0) is 19.5 Å². The number of amides is 1. The first kappa shape index (κ1) is 20.7. The van der Waals surface area contributed by atoms with Gasteiger partial charge < -0.3 is 9.64 Å². The van der Waals surface area contributed by atoms with Crippen molar-refractivity contribution in [3.05, 3.63) is 69.6 Å². The van der Waals surface area contributed by atoms with Gasteiger partial charge in [0.05, 0.1) is 12.0 Å². The molecule has 1 saturated heterocycles. The summed E-state index contributed by atoms with van der Waals surface area (Å²) < 4.78 is 7.04. The molecule has 3 aromatic rings. The molecule has 5 rings (SSSR count). The Morgan fingerprint density at radius 3 is 2.62 bits per heavy atom. The van der Waals surface area contributed by atoms with Gasteiger partial charge in [0.25, 0.3) is 11.5 Å². The molecule has 1 aromatic heterocycles. The summed E-state index contributed by atoms with van der Waals surface area (Å²) in [4.78, 5) is 30.4. The Morgan fingerprint density at radius 2 is 1.84 bits per heavy atom. The van der Waals surface area contributed by atoms with Crippen molar-refractivity contribution in [2.45, 2.75) is 32.9 Å². The van der Waals surface area contributed by atoms with Crippen molar-refractivity contribution in [3.63, 3.8) is 0 Å². The summed E-state index contributed by atoms with van der Waals surface area (Å²) in [6.45, 7) is 7.07. The minimum absolute atomic E-state index is 0.0969. The third-order valence-corrected chi connectivity index (χ3v) is 6.33. The molecule has 0 aliphatic carbocycles. The molecule has 0 N–H and O–H groups in total. The monoisotopic (exact) mass is 432 g/mol. The average Bonchev–Trinajstić information content (AvgIpc) is 3.29. The number of piperazine rings is 1. The molecular weight excluding hydrogens is 404 g/mol. The lowest BCUT2D eigenvalue weighted by molar-refractivity contribution is 0.0622. The molecule has 166 valence electrons. The Kier molecular flexibility index (Phi) is 5.66. The van der Waals surface area contributed by atoms with E-state index in [1.165, 1.54) is 15.8 Å². The fourth-order valence-electron chi connectivity index (χ4n) is 4.61. The Morgan fingerprint density at radius 1 is 1.06 bits per heavy atom. The number of ether oxygens (including phenoxy) is 1. The van der Waals surface area contributed by atoms with E-state index in [0.29, 0.717) is 36.1 Å². The van der Waals surface area contributed by atoms with E-state index in [-0.39, 0.29) is 11.5 Å². The van der Waals surface area contributed by atoms with Crippen LogP contribution in [0.3, 0.4) is 0 Å². The number of hydrogen-bond donors (Lipinski definition) is 0. The van der Waals surface area contributed by atoms with Crippen LogP contribution in [0, 0.1) is 0 Å². The molecule has 0 saturated carbocycles. The van der Waals surface area contributed by atoms with Crippen molar-refractivity contribution in [2.24, 2.45) is 0 Å². The van der Waals surface area contributed by atoms with Crippen molar-refractivity contribution in [1.29, 1.82) is 0 Å². The van der Waals surface area contributed by atoms with Crippen molar-refractivity contribution in [2.75, 3.05) is 32.8 Å². The Balaban J connectivity index is 1.31. The van der Waals surface area contributed by atoms with Crippen LogP contribution in [0.2, 0.25) is 0 Å². The summed E-state index contributed by atoms with van der Waals surface area (Å²) in [5.41, 5.74) is 2.81. The first-order chi connectivity index (χ1) is 15.6. The van der Waals surface area contributed by atoms with E-state index in [1.54, 1.807) is 6.07 Å². The molecule has 0 spiro atoms. The van der Waals surface area contributed by atoms with Crippen LogP contribution in [0.4, 0.5) is 0 Å². The number of carbonyl (C=O) groups is 1. The summed E-state index contributed by atoms with van der Waals surface area (Å²) in [5, 5.41) is 5.66. The maximum absolute atomic E-state index is 13.4. The van der Waals surface area contributed by atoms with Crippen molar-refractivity contribution in [3.8, 4) is 5.75 Å². The summed E-state index contributed by atoms with van der Waals surface area (Å²) >= 11 is 0. The molecule has 0 unspecified atom stereocenters. The van der Waals surface area contributed by atoms with Gasteiger partial charge in [-0.25, -0.2) is 4.68 Å². The van der Waals surface area contributed by atoms with Crippen LogP contribution in [0.15, 0.2) is 47.3 Å². The normalized spacial score (nSPS) is 16.2. The zero-order valence-corrected chi connectivity index (χ0v) is 18.4. The van der Waals surface area contributed by atoms with E-state index >= 15 is 0 Å². The van der Waals surface area contributed by atoms with Gasteiger partial charge in [0.2, 0.25) is 0 Å². The molecule has 2 aliphatic heterocycles. The number of benzene rings is 2. The SMILES string of the molecule is CCCn1nc(C(=O)N2CCN(Cc3ccc4c(c3)CCO4)CC2)c2ccccc2c1=O. The van der Waals surface area contributed by atoms with Gasteiger partial charge in [0, 0.05) is 51.1 Å². The Bertz CT molecular complexity index is 1210. The van der Waals surface area contributed by atoms with E-state index in [0.717, 1.165) is 44.8 Å². The first-order valence-corrected chi connectivity index (χ1v) is 11.4. The van der Waals surface area contributed by atoms with E-state index in [1.807, 2.05) is 30.0 Å². The molecule has 2 aliphatic rings. The third kappa shape index (κ3) is 3.88. The molecule has 1 fully saturated rings. The van der Waals surface area contributed by atoms with Gasteiger partial charge in [0.15, 0.2) is 5.69 Å². The Labute approximate surface area is 187 Å². The molecule has 0 bridgehead atoms. The van der Waals surface area contributed by atoms with Gasteiger partial charge in [-0.15, -0.1) is 0 Å². The number of fused-ring (bicyclic) bond motifs is 2. The predicted octanol–water partition coefficient (Wildman–Crippen LogP) is 2.70. The average molecular weight is 433 g/mol. The summed E-state index contributed by atoms with van der Waals surface area (Å²) in [5.74, 6) is 0.911. The molecule has 0 radical (unpaired) electrons. The maximum Gasteiger partial charge on any atom is 0.275 e. The summed E-state index contributed by atoms with van der Waals surface area (Å²) in [7, 11) is 0. The van der Waals surface area contributed by atoms with Crippen molar-refractivity contribution in [1.82, 2.24) is 19.6 Å². The van der Waals surface area contributed by atoms with Gasteiger partial charge in [-0.05, 0) is 29.7 Å². The molecule has 32 heavy (non-hydrogen) atoms. The lowest BCUT2D eigenvalue weighted by atomic mass is 10.1. The fourth-order valence-corrected chi connectivity index (χ4v) is 4.61. The lowest BCUT2D eigenvalue weighted by Gasteiger charge is -2.34. The fraction of sp³-hybridized carbons (Fsp3) is 0.400. The number of rotatable bonds is 5. The highest BCUT2D eigenvalue weighted by Gasteiger charge is 2.26. The van der Waals surface area contributed by atoms with Crippen LogP contribution in [0.25, 0.3) is 10.8 Å². The van der Waals surface area contributed by atoms with E-state index < -0.39 is 0 Å². The first-order valence-electron chi connectivity index (χ1n) is 11.4. The molecule has 0 atom stereocenters. The van der Waals surface area contributed by atoms with E-state index in [2.05, 4.69) is 28.2 Å². The van der Waals surface area contributed by atoms with Crippen molar-refractivity contribution >= 4 is 16.7 Å². The lowest BCUT2D eigenvalue weighted by Crippen LogP contribution is -2.48. The van der Waals surface area contributed by atoms with Crippen LogP contribution in [-0.4, -0.2) is 58.3 Å². The molecule has 7 nitrogen and oxygen atoms in total. The smallest absolute Gasteiger partial charge is 0.275 e. The number of aromatic nitrogens is 2. The summed E-state index contributed by atoms with van der Waals surface area (Å²) in [6, 6.07) is 13.7. The second-order valence-electron chi connectivity index (χ2n) is 8.53. The van der Waals surface area contributed by atoms with Gasteiger partial charge in [-0.1, -0.05) is 37.3 Å². The van der Waals surface area contributed by atoms with Gasteiger partial charge in [-0.2, -0.15) is 5.10 Å². The molecular formula is C25H28N4O3.